The molecule has 10 heteroatoms. The van der Waals surface area contributed by atoms with Crippen LogP contribution in [0.1, 0.15) is 40.0 Å². The number of aromatic nitrogens is 2. The molecule has 0 radical (unpaired) electrons. The molecule has 2 aromatic carbocycles. The molecular formula is C28H34BrFN6O2. The Morgan fingerprint density at radius 2 is 2.03 bits per heavy atom. The number of methoxy groups -OCH3 is 1. The molecule has 0 atom stereocenters. The third kappa shape index (κ3) is 7.41. The zero-order chi connectivity index (χ0) is 27.1. The number of ether oxygens (including phenoxy) is 1. The van der Waals surface area contributed by atoms with Gasteiger partial charge in [0.15, 0.2) is 5.96 Å². The summed E-state index contributed by atoms with van der Waals surface area (Å²) in [5.74, 6) is 0.114. The summed E-state index contributed by atoms with van der Waals surface area (Å²) in [5.41, 5.74) is 2.53. The molecule has 3 N–H and O–H groups in total. The van der Waals surface area contributed by atoms with Crippen LogP contribution >= 0.6 is 15.9 Å². The smallest absolute Gasteiger partial charge is 0.258 e. The number of halogens is 2. The topological polar surface area (TPSA) is 95.3 Å². The normalized spacial score (nSPS) is 14.3. The van der Waals surface area contributed by atoms with Crippen molar-refractivity contribution in [3.05, 3.63) is 81.6 Å². The predicted octanol–water partition coefficient (Wildman–Crippen LogP) is 4.28. The van der Waals surface area contributed by atoms with Gasteiger partial charge in [0.1, 0.15) is 11.6 Å². The Bertz CT molecular complexity index is 1270. The number of nitrogens with zero attached hydrogens (tertiary/aromatic N) is 3. The summed E-state index contributed by atoms with van der Waals surface area (Å²) in [7, 11) is 3.57. The van der Waals surface area contributed by atoms with Gasteiger partial charge >= 0.3 is 0 Å². The van der Waals surface area contributed by atoms with Crippen molar-refractivity contribution in [2.24, 2.45) is 13.0 Å². The van der Waals surface area contributed by atoms with Crippen molar-refractivity contribution in [3.8, 4) is 5.75 Å². The first-order chi connectivity index (χ1) is 18.3. The highest BCUT2D eigenvalue weighted by Gasteiger charge is 2.21. The first-order valence-electron chi connectivity index (χ1n) is 12.7. The highest BCUT2D eigenvalue weighted by atomic mass is 79.9. The molecule has 0 aliphatic carbocycles. The highest BCUT2D eigenvalue weighted by molar-refractivity contribution is 9.10. The molecule has 0 unspecified atom stereocenters. The van der Waals surface area contributed by atoms with Crippen LogP contribution in [0.2, 0.25) is 0 Å². The molecule has 1 aliphatic rings. The Labute approximate surface area is 231 Å². The van der Waals surface area contributed by atoms with E-state index in [9.17, 15) is 9.18 Å². The van der Waals surface area contributed by atoms with Gasteiger partial charge in [-0.15, -0.1) is 0 Å². The van der Waals surface area contributed by atoms with Crippen molar-refractivity contribution in [2.45, 2.75) is 32.2 Å². The van der Waals surface area contributed by atoms with Crippen molar-refractivity contribution < 1.29 is 13.9 Å². The van der Waals surface area contributed by atoms with Gasteiger partial charge in [0.2, 0.25) is 0 Å². The fraction of sp³-hybridized carbons (Fsp3) is 0.393. The molecule has 0 spiro atoms. The van der Waals surface area contributed by atoms with Gasteiger partial charge in [-0.2, -0.15) is 0 Å². The largest absolute Gasteiger partial charge is 0.496 e. The number of hydrogen-bond acceptors (Lipinski definition) is 5. The zero-order valence-electron chi connectivity index (χ0n) is 21.8. The molecule has 1 amide bonds. The summed E-state index contributed by atoms with van der Waals surface area (Å²) in [4.78, 5) is 19.8. The Morgan fingerprint density at radius 1 is 1.24 bits per heavy atom. The van der Waals surface area contributed by atoms with E-state index in [0.29, 0.717) is 36.6 Å². The monoisotopic (exact) mass is 584 g/mol. The SMILES string of the molecule is COc1ccc(Br)cc1CCc1c(F)cccc1C(=O)NC(=N)NCC1CCN(Cc2cn(C)cn2)CC1. The minimum absolute atomic E-state index is 0.0743. The number of rotatable bonds is 9. The first-order valence-corrected chi connectivity index (χ1v) is 13.5. The molecule has 38 heavy (non-hydrogen) atoms. The van der Waals surface area contributed by atoms with Crippen molar-refractivity contribution >= 4 is 27.8 Å². The minimum Gasteiger partial charge on any atom is -0.496 e. The first kappa shape index (κ1) is 27.8. The average molecular weight is 586 g/mol. The maximum atomic E-state index is 14.8. The lowest BCUT2D eigenvalue weighted by Crippen LogP contribution is -2.44. The van der Waals surface area contributed by atoms with E-state index in [1.165, 1.54) is 12.1 Å². The predicted molar refractivity (Wildman–Crippen MR) is 149 cm³/mol. The van der Waals surface area contributed by atoms with Crippen LogP contribution in [0, 0.1) is 17.1 Å². The lowest BCUT2D eigenvalue weighted by atomic mass is 9.96. The van der Waals surface area contributed by atoms with Crippen LogP contribution in [-0.2, 0) is 26.4 Å². The molecule has 202 valence electrons. The van der Waals surface area contributed by atoms with E-state index in [1.807, 2.05) is 42.3 Å². The summed E-state index contributed by atoms with van der Waals surface area (Å²) in [6.07, 6.45) is 6.69. The van der Waals surface area contributed by atoms with Gasteiger partial charge in [-0.1, -0.05) is 22.0 Å². The Balaban J connectivity index is 1.27. The molecule has 1 fully saturated rings. The number of aryl methyl sites for hydroxylation is 2. The molecule has 1 aromatic heterocycles. The maximum absolute atomic E-state index is 14.8. The van der Waals surface area contributed by atoms with Gasteiger partial charge in [0.25, 0.3) is 5.91 Å². The van der Waals surface area contributed by atoms with E-state index >= 15 is 0 Å². The van der Waals surface area contributed by atoms with E-state index in [4.69, 9.17) is 10.1 Å². The van der Waals surface area contributed by atoms with Crippen LogP contribution in [0.4, 0.5) is 4.39 Å². The number of benzene rings is 2. The summed E-state index contributed by atoms with van der Waals surface area (Å²) >= 11 is 3.46. The van der Waals surface area contributed by atoms with Gasteiger partial charge in [0, 0.05) is 41.9 Å². The molecule has 3 aromatic rings. The van der Waals surface area contributed by atoms with E-state index in [1.54, 1.807) is 13.2 Å². The Morgan fingerprint density at radius 3 is 2.74 bits per heavy atom. The van der Waals surface area contributed by atoms with E-state index in [0.717, 1.165) is 48.2 Å². The summed E-state index contributed by atoms with van der Waals surface area (Å²) in [5, 5.41) is 13.9. The minimum atomic E-state index is -0.497. The molecule has 4 rings (SSSR count). The van der Waals surface area contributed by atoms with Crippen molar-refractivity contribution in [2.75, 3.05) is 26.7 Å². The van der Waals surface area contributed by atoms with E-state index in [-0.39, 0.29) is 11.5 Å². The number of piperidine rings is 1. The van der Waals surface area contributed by atoms with Crippen molar-refractivity contribution in [3.63, 3.8) is 0 Å². The number of hydrogen-bond donors (Lipinski definition) is 3. The van der Waals surface area contributed by atoms with Crippen molar-refractivity contribution in [1.82, 2.24) is 25.1 Å². The number of likely N-dealkylation sites (tertiary alicyclic amines) is 1. The Kier molecular flexibility index (Phi) is 9.52. The molecule has 0 bridgehead atoms. The van der Waals surface area contributed by atoms with Gasteiger partial charge in [0.05, 0.1) is 19.1 Å². The van der Waals surface area contributed by atoms with Gasteiger partial charge in [-0.3, -0.25) is 20.4 Å². The van der Waals surface area contributed by atoms with Gasteiger partial charge in [-0.05, 0) is 80.6 Å². The maximum Gasteiger partial charge on any atom is 0.258 e. The van der Waals surface area contributed by atoms with Gasteiger partial charge < -0.3 is 14.6 Å². The lowest BCUT2D eigenvalue weighted by Gasteiger charge is -2.31. The molecule has 0 saturated carbocycles. The molecule has 1 aliphatic heterocycles. The molecular weight excluding hydrogens is 551 g/mol. The van der Waals surface area contributed by atoms with Crippen LogP contribution in [0.5, 0.6) is 5.75 Å². The van der Waals surface area contributed by atoms with Crippen molar-refractivity contribution in [1.29, 1.82) is 5.41 Å². The molecule has 2 heterocycles. The third-order valence-corrected chi connectivity index (χ3v) is 7.40. The van der Waals surface area contributed by atoms with Crippen LogP contribution in [0.15, 0.2) is 53.4 Å². The number of guanidine groups is 1. The molecule has 1 saturated heterocycles. The highest BCUT2D eigenvalue weighted by Crippen LogP contribution is 2.26. The quantitative estimate of drug-likeness (QED) is 0.258. The second-order valence-corrected chi connectivity index (χ2v) is 10.6. The number of amides is 1. The van der Waals surface area contributed by atoms with E-state index < -0.39 is 11.7 Å². The number of imidazole rings is 1. The fourth-order valence-corrected chi connectivity index (χ4v) is 5.23. The number of nitrogens with one attached hydrogen (secondary N) is 3. The summed E-state index contributed by atoms with van der Waals surface area (Å²) < 4.78 is 23.1. The van der Waals surface area contributed by atoms with Gasteiger partial charge in [-0.25, -0.2) is 9.37 Å². The Hall–Kier alpha value is -3.24. The van der Waals surface area contributed by atoms with Crippen LogP contribution in [0.3, 0.4) is 0 Å². The second kappa shape index (κ2) is 13.0. The second-order valence-electron chi connectivity index (χ2n) is 9.68. The van der Waals surface area contributed by atoms with Crippen LogP contribution < -0.4 is 15.4 Å². The number of carbonyl (C=O) groups excluding carboxylic acids is 1. The summed E-state index contributed by atoms with van der Waals surface area (Å²) in [6, 6.07) is 10.1. The average Bonchev–Trinajstić information content (AvgIpc) is 3.31. The standard InChI is InChI=1S/C28H34BrFN6O2/c1-35-16-22(33-18-35)17-36-12-10-19(11-13-36)15-32-28(31)34-27(37)24-4-3-5-25(30)23(24)8-6-20-14-21(29)7-9-26(20)38-2/h3-5,7,9,14,16,18-19H,6,8,10-13,15,17H2,1-2H3,(H3,31,32,34,37). The number of carbonyl (C=O) groups is 1. The summed E-state index contributed by atoms with van der Waals surface area (Å²) in [6.45, 7) is 3.39. The zero-order valence-corrected chi connectivity index (χ0v) is 23.4. The lowest BCUT2D eigenvalue weighted by molar-refractivity contribution is 0.0973. The van der Waals surface area contributed by atoms with Crippen LogP contribution in [-0.4, -0.2) is 53.1 Å². The molecule has 8 nitrogen and oxygen atoms in total. The van der Waals surface area contributed by atoms with Crippen LogP contribution in [0.25, 0.3) is 0 Å². The third-order valence-electron chi connectivity index (χ3n) is 6.91. The van der Waals surface area contributed by atoms with E-state index in [2.05, 4.69) is 36.4 Å². The fourth-order valence-electron chi connectivity index (χ4n) is 4.83.